The number of nitrogens with zero attached hydrogens (tertiary/aromatic N) is 2. The SMILES string of the molecule is Cc1sc(-c2cncs2)nc1CCN. The zero-order valence-corrected chi connectivity index (χ0v) is 9.49. The van der Waals surface area contributed by atoms with Gasteiger partial charge >= 0.3 is 0 Å². The average Bonchev–Trinajstić information content (AvgIpc) is 2.76. The van der Waals surface area contributed by atoms with Crippen molar-refractivity contribution in [2.24, 2.45) is 5.73 Å². The molecule has 0 saturated heterocycles. The fourth-order valence-electron chi connectivity index (χ4n) is 1.22. The summed E-state index contributed by atoms with van der Waals surface area (Å²) >= 11 is 3.34. The Morgan fingerprint density at radius 2 is 2.36 bits per heavy atom. The minimum absolute atomic E-state index is 0.659. The van der Waals surface area contributed by atoms with Crippen LogP contribution in [0.2, 0.25) is 0 Å². The number of aryl methyl sites for hydroxylation is 1. The van der Waals surface area contributed by atoms with Crippen molar-refractivity contribution in [3.05, 3.63) is 22.3 Å². The lowest BCUT2D eigenvalue weighted by atomic mass is 10.3. The molecule has 0 amide bonds. The number of nitrogens with two attached hydrogens (primary N) is 1. The molecule has 0 aliphatic heterocycles. The number of thiazole rings is 2. The van der Waals surface area contributed by atoms with Gasteiger partial charge in [0.25, 0.3) is 0 Å². The van der Waals surface area contributed by atoms with Gasteiger partial charge in [0.2, 0.25) is 0 Å². The van der Waals surface area contributed by atoms with E-state index in [4.69, 9.17) is 5.73 Å². The zero-order valence-electron chi connectivity index (χ0n) is 7.86. The van der Waals surface area contributed by atoms with E-state index >= 15 is 0 Å². The van der Waals surface area contributed by atoms with Crippen molar-refractivity contribution in [3.8, 4) is 9.88 Å². The van der Waals surface area contributed by atoms with Gasteiger partial charge in [-0.25, -0.2) is 4.98 Å². The van der Waals surface area contributed by atoms with Gasteiger partial charge in [-0.3, -0.25) is 4.98 Å². The van der Waals surface area contributed by atoms with Gasteiger partial charge in [0, 0.05) is 17.5 Å². The Morgan fingerprint density at radius 1 is 1.50 bits per heavy atom. The third-order valence-electron chi connectivity index (χ3n) is 1.92. The molecule has 0 spiro atoms. The second-order valence-corrected chi connectivity index (χ2v) is 5.02. The predicted molar refractivity (Wildman–Crippen MR) is 60.7 cm³/mol. The minimum atomic E-state index is 0.659. The summed E-state index contributed by atoms with van der Waals surface area (Å²) in [4.78, 5) is 11.0. The normalized spacial score (nSPS) is 10.7. The van der Waals surface area contributed by atoms with Gasteiger partial charge in [-0.2, -0.15) is 0 Å². The van der Waals surface area contributed by atoms with Crippen molar-refractivity contribution in [1.82, 2.24) is 9.97 Å². The van der Waals surface area contributed by atoms with Crippen LogP contribution < -0.4 is 5.73 Å². The third kappa shape index (κ3) is 1.84. The van der Waals surface area contributed by atoms with Gasteiger partial charge in [0.05, 0.1) is 16.1 Å². The van der Waals surface area contributed by atoms with Crippen molar-refractivity contribution in [3.63, 3.8) is 0 Å². The highest BCUT2D eigenvalue weighted by atomic mass is 32.1. The fraction of sp³-hybridized carbons (Fsp3) is 0.333. The van der Waals surface area contributed by atoms with Crippen LogP contribution >= 0.6 is 22.7 Å². The molecule has 2 N–H and O–H groups in total. The molecule has 0 aromatic carbocycles. The largest absolute Gasteiger partial charge is 0.330 e. The maximum atomic E-state index is 5.51. The summed E-state index contributed by atoms with van der Waals surface area (Å²) in [5.41, 5.74) is 8.47. The Kier molecular flexibility index (Phi) is 2.90. The molecule has 0 aliphatic rings. The molecular formula is C9H11N3S2. The number of hydrogen-bond donors (Lipinski definition) is 1. The van der Waals surface area contributed by atoms with E-state index in [1.165, 1.54) is 4.88 Å². The van der Waals surface area contributed by atoms with Crippen molar-refractivity contribution in [2.45, 2.75) is 13.3 Å². The monoisotopic (exact) mass is 225 g/mol. The summed E-state index contributed by atoms with van der Waals surface area (Å²) in [5.74, 6) is 0. The first kappa shape index (κ1) is 9.76. The smallest absolute Gasteiger partial charge is 0.135 e. The quantitative estimate of drug-likeness (QED) is 0.870. The highest BCUT2D eigenvalue weighted by molar-refractivity contribution is 7.20. The molecular weight excluding hydrogens is 214 g/mol. The van der Waals surface area contributed by atoms with Crippen LogP contribution in [0.3, 0.4) is 0 Å². The molecule has 0 aliphatic carbocycles. The van der Waals surface area contributed by atoms with Crippen molar-refractivity contribution < 1.29 is 0 Å². The second kappa shape index (κ2) is 4.16. The van der Waals surface area contributed by atoms with Crippen LogP contribution in [0.15, 0.2) is 11.7 Å². The third-order valence-corrected chi connectivity index (χ3v) is 3.87. The number of aromatic nitrogens is 2. The number of rotatable bonds is 3. The minimum Gasteiger partial charge on any atom is -0.330 e. The molecule has 0 bridgehead atoms. The van der Waals surface area contributed by atoms with Gasteiger partial charge in [-0.15, -0.1) is 22.7 Å². The fourth-order valence-corrected chi connectivity index (χ4v) is 2.86. The summed E-state index contributed by atoms with van der Waals surface area (Å²) in [6, 6.07) is 0. The summed E-state index contributed by atoms with van der Waals surface area (Å²) in [7, 11) is 0. The second-order valence-electron chi connectivity index (χ2n) is 2.93. The summed E-state index contributed by atoms with van der Waals surface area (Å²) in [5, 5.41) is 1.06. The van der Waals surface area contributed by atoms with Crippen molar-refractivity contribution in [2.75, 3.05) is 6.54 Å². The standard InChI is InChI=1S/C9H11N3S2/c1-6-7(2-3-10)12-9(14-6)8-4-11-5-13-8/h4-5H,2-3,10H2,1H3. The number of hydrogen-bond acceptors (Lipinski definition) is 5. The van der Waals surface area contributed by atoms with Crippen LogP contribution in [-0.4, -0.2) is 16.5 Å². The molecule has 0 fully saturated rings. The van der Waals surface area contributed by atoms with E-state index in [1.54, 1.807) is 22.7 Å². The zero-order chi connectivity index (χ0) is 9.97. The van der Waals surface area contributed by atoms with E-state index in [0.29, 0.717) is 6.54 Å². The van der Waals surface area contributed by atoms with E-state index in [-0.39, 0.29) is 0 Å². The topological polar surface area (TPSA) is 51.8 Å². The molecule has 2 heterocycles. The Labute approximate surface area is 90.6 Å². The molecule has 14 heavy (non-hydrogen) atoms. The van der Waals surface area contributed by atoms with E-state index in [0.717, 1.165) is 22.0 Å². The Balaban J connectivity index is 2.33. The lowest BCUT2D eigenvalue weighted by molar-refractivity contribution is 0.927. The van der Waals surface area contributed by atoms with E-state index in [9.17, 15) is 0 Å². The van der Waals surface area contributed by atoms with Gasteiger partial charge in [-0.1, -0.05) is 0 Å². The Morgan fingerprint density at radius 3 is 3.00 bits per heavy atom. The van der Waals surface area contributed by atoms with Crippen LogP contribution in [0.25, 0.3) is 9.88 Å². The van der Waals surface area contributed by atoms with Crippen LogP contribution in [0.5, 0.6) is 0 Å². The average molecular weight is 225 g/mol. The summed E-state index contributed by atoms with van der Waals surface area (Å²) in [6.07, 6.45) is 2.72. The molecule has 0 unspecified atom stereocenters. The van der Waals surface area contributed by atoms with Gasteiger partial charge < -0.3 is 5.73 Å². The molecule has 0 atom stereocenters. The molecule has 5 heteroatoms. The maximum absolute atomic E-state index is 5.51. The van der Waals surface area contributed by atoms with Crippen molar-refractivity contribution in [1.29, 1.82) is 0 Å². The first-order valence-corrected chi connectivity index (χ1v) is 6.06. The first-order chi connectivity index (χ1) is 6.81. The molecule has 0 radical (unpaired) electrons. The highest BCUT2D eigenvalue weighted by Crippen LogP contribution is 2.29. The van der Waals surface area contributed by atoms with E-state index in [2.05, 4.69) is 16.9 Å². The summed E-state index contributed by atoms with van der Waals surface area (Å²) < 4.78 is 0. The molecule has 2 rings (SSSR count). The van der Waals surface area contributed by atoms with Gasteiger partial charge in [-0.05, 0) is 13.5 Å². The molecule has 0 saturated carbocycles. The van der Waals surface area contributed by atoms with E-state index < -0.39 is 0 Å². The lowest BCUT2D eigenvalue weighted by Gasteiger charge is -1.91. The Bertz CT molecular complexity index is 406. The molecule has 74 valence electrons. The van der Waals surface area contributed by atoms with Crippen LogP contribution in [-0.2, 0) is 6.42 Å². The first-order valence-electron chi connectivity index (χ1n) is 4.36. The molecule has 2 aromatic rings. The van der Waals surface area contributed by atoms with Crippen LogP contribution in [0.4, 0.5) is 0 Å². The van der Waals surface area contributed by atoms with E-state index in [1.807, 2.05) is 11.7 Å². The lowest BCUT2D eigenvalue weighted by Crippen LogP contribution is -2.03. The molecule has 3 nitrogen and oxygen atoms in total. The van der Waals surface area contributed by atoms with Crippen LogP contribution in [0, 0.1) is 6.92 Å². The highest BCUT2D eigenvalue weighted by Gasteiger charge is 2.09. The Hall–Kier alpha value is -0.780. The predicted octanol–water partition coefficient (Wildman–Crippen LogP) is 2.08. The maximum Gasteiger partial charge on any atom is 0.135 e. The van der Waals surface area contributed by atoms with Gasteiger partial charge in [0.15, 0.2) is 0 Å². The van der Waals surface area contributed by atoms with Crippen molar-refractivity contribution >= 4 is 22.7 Å². The molecule has 2 aromatic heterocycles. The summed E-state index contributed by atoms with van der Waals surface area (Å²) in [6.45, 7) is 2.75. The van der Waals surface area contributed by atoms with Gasteiger partial charge in [0.1, 0.15) is 5.01 Å². The van der Waals surface area contributed by atoms with Crippen LogP contribution in [0.1, 0.15) is 10.6 Å².